The van der Waals surface area contributed by atoms with Crippen LogP contribution in [0, 0.1) is 11.7 Å². The standard InChI is InChI=1S/C20H23FN2O2.ClH/c1-25-18-8-4-15(5-9-18)19(12-14-2-6-17(21)7-3-14)23-20(24)16-10-11-22-13-16;/h2-9,16,19,22H,10-13H2,1H3,(H,23,24);1H. The van der Waals surface area contributed by atoms with E-state index in [9.17, 15) is 9.18 Å². The zero-order valence-corrected chi connectivity index (χ0v) is 15.5. The maximum atomic E-state index is 13.2. The molecule has 1 saturated heterocycles. The molecule has 0 aliphatic carbocycles. The normalized spacial score (nSPS) is 17.2. The topological polar surface area (TPSA) is 50.4 Å². The monoisotopic (exact) mass is 378 g/mol. The smallest absolute Gasteiger partial charge is 0.224 e. The predicted molar refractivity (Wildman–Crippen MR) is 102 cm³/mol. The minimum atomic E-state index is -0.259. The van der Waals surface area contributed by atoms with Crippen LogP contribution in [0.15, 0.2) is 48.5 Å². The first kappa shape index (κ1) is 20.2. The molecule has 1 aliphatic heterocycles. The number of nitrogens with one attached hydrogen (secondary N) is 2. The predicted octanol–water partition coefficient (Wildman–Crippen LogP) is 3.27. The highest BCUT2D eigenvalue weighted by molar-refractivity contribution is 5.85. The summed E-state index contributed by atoms with van der Waals surface area (Å²) in [4.78, 5) is 12.6. The van der Waals surface area contributed by atoms with Crippen molar-refractivity contribution in [2.24, 2.45) is 5.92 Å². The van der Waals surface area contributed by atoms with Crippen LogP contribution < -0.4 is 15.4 Å². The molecular weight excluding hydrogens is 355 g/mol. The summed E-state index contributed by atoms with van der Waals surface area (Å²) in [6, 6.07) is 13.9. The summed E-state index contributed by atoms with van der Waals surface area (Å²) in [5, 5.41) is 6.38. The van der Waals surface area contributed by atoms with Crippen LogP contribution >= 0.6 is 12.4 Å². The molecule has 2 N–H and O–H groups in total. The molecule has 3 rings (SSSR count). The van der Waals surface area contributed by atoms with Gasteiger partial charge in [0.1, 0.15) is 11.6 Å². The van der Waals surface area contributed by atoms with Crippen LogP contribution in [-0.4, -0.2) is 26.1 Å². The van der Waals surface area contributed by atoms with Gasteiger partial charge in [-0.1, -0.05) is 24.3 Å². The molecule has 1 amide bonds. The fourth-order valence-corrected chi connectivity index (χ4v) is 3.11. The molecule has 4 nitrogen and oxygen atoms in total. The van der Waals surface area contributed by atoms with Crippen molar-refractivity contribution in [1.82, 2.24) is 10.6 Å². The zero-order valence-electron chi connectivity index (χ0n) is 14.7. The van der Waals surface area contributed by atoms with E-state index in [-0.39, 0.29) is 36.1 Å². The van der Waals surface area contributed by atoms with Gasteiger partial charge >= 0.3 is 0 Å². The first-order valence-corrected chi connectivity index (χ1v) is 8.55. The number of carbonyl (C=O) groups excluding carboxylic acids is 1. The fraction of sp³-hybridized carbons (Fsp3) is 0.350. The fourth-order valence-electron chi connectivity index (χ4n) is 3.11. The summed E-state index contributed by atoms with van der Waals surface area (Å²) in [6.45, 7) is 1.60. The second-order valence-corrected chi connectivity index (χ2v) is 6.35. The van der Waals surface area contributed by atoms with Crippen molar-refractivity contribution in [3.05, 3.63) is 65.5 Å². The van der Waals surface area contributed by atoms with Crippen molar-refractivity contribution in [1.29, 1.82) is 0 Å². The largest absolute Gasteiger partial charge is 0.497 e. The molecule has 2 atom stereocenters. The van der Waals surface area contributed by atoms with Crippen molar-refractivity contribution >= 4 is 18.3 Å². The lowest BCUT2D eigenvalue weighted by Crippen LogP contribution is -2.35. The van der Waals surface area contributed by atoms with Crippen molar-refractivity contribution in [3.8, 4) is 5.75 Å². The number of halogens is 2. The molecule has 0 aromatic heterocycles. The lowest BCUT2D eigenvalue weighted by atomic mass is 9.97. The quantitative estimate of drug-likeness (QED) is 0.811. The Morgan fingerprint density at radius 3 is 2.50 bits per heavy atom. The molecule has 1 fully saturated rings. The van der Waals surface area contributed by atoms with Crippen LogP contribution in [0.4, 0.5) is 4.39 Å². The van der Waals surface area contributed by atoms with Crippen molar-refractivity contribution in [2.45, 2.75) is 18.9 Å². The lowest BCUT2D eigenvalue weighted by Gasteiger charge is -2.22. The number of hydrogen-bond acceptors (Lipinski definition) is 3. The number of benzene rings is 2. The minimum absolute atomic E-state index is 0. The van der Waals surface area contributed by atoms with Gasteiger partial charge in [-0.15, -0.1) is 12.4 Å². The Labute approximate surface area is 159 Å². The maximum absolute atomic E-state index is 13.2. The van der Waals surface area contributed by atoms with Crippen molar-refractivity contribution < 1.29 is 13.9 Å². The molecule has 0 radical (unpaired) electrons. The number of hydrogen-bond donors (Lipinski definition) is 2. The van der Waals surface area contributed by atoms with E-state index in [1.54, 1.807) is 19.2 Å². The van der Waals surface area contributed by atoms with Crippen LogP contribution in [0.3, 0.4) is 0 Å². The molecule has 2 aromatic rings. The van der Waals surface area contributed by atoms with Gasteiger partial charge in [-0.05, 0) is 54.8 Å². The summed E-state index contributed by atoms with van der Waals surface area (Å²) in [6.07, 6.45) is 1.47. The van der Waals surface area contributed by atoms with Crippen LogP contribution in [-0.2, 0) is 11.2 Å². The van der Waals surface area contributed by atoms with E-state index < -0.39 is 0 Å². The van der Waals surface area contributed by atoms with E-state index in [0.29, 0.717) is 6.42 Å². The van der Waals surface area contributed by atoms with Crippen LogP contribution in [0.25, 0.3) is 0 Å². The molecule has 0 spiro atoms. The van der Waals surface area contributed by atoms with Gasteiger partial charge in [-0.2, -0.15) is 0 Å². The average molecular weight is 379 g/mol. The first-order chi connectivity index (χ1) is 12.2. The molecule has 0 bridgehead atoms. The van der Waals surface area contributed by atoms with Crippen LogP contribution in [0.5, 0.6) is 5.75 Å². The molecule has 2 unspecified atom stereocenters. The van der Waals surface area contributed by atoms with Gasteiger partial charge in [-0.3, -0.25) is 4.79 Å². The Kier molecular flexibility index (Phi) is 7.42. The summed E-state index contributed by atoms with van der Waals surface area (Å²) in [7, 11) is 1.62. The Balaban J connectivity index is 0.00000243. The molecular formula is C20H24ClFN2O2. The highest BCUT2D eigenvalue weighted by Crippen LogP contribution is 2.23. The van der Waals surface area contributed by atoms with E-state index >= 15 is 0 Å². The van der Waals surface area contributed by atoms with Crippen molar-refractivity contribution in [3.63, 3.8) is 0 Å². The Hall–Kier alpha value is -2.11. The van der Waals surface area contributed by atoms with E-state index in [4.69, 9.17) is 4.74 Å². The third kappa shape index (κ3) is 5.19. The maximum Gasteiger partial charge on any atom is 0.224 e. The lowest BCUT2D eigenvalue weighted by molar-refractivity contribution is -0.125. The number of methoxy groups -OCH3 is 1. The van der Waals surface area contributed by atoms with Crippen molar-refractivity contribution in [2.75, 3.05) is 20.2 Å². The van der Waals surface area contributed by atoms with E-state index in [1.165, 1.54) is 12.1 Å². The highest BCUT2D eigenvalue weighted by Gasteiger charge is 2.25. The average Bonchev–Trinajstić information content (AvgIpc) is 3.18. The number of amides is 1. The minimum Gasteiger partial charge on any atom is -0.497 e. The summed E-state index contributed by atoms with van der Waals surface area (Å²) in [5.74, 6) is 0.586. The Bertz CT molecular complexity index is 701. The molecule has 140 valence electrons. The van der Waals surface area contributed by atoms with Gasteiger partial charge in [0.2, 0.25) is 5.91 Å². The van der Waals surface area contributed by atoms with Crippen LogP contribution in [0.1, 0.15) is 23.6 Å². The van der Waals surface area contributed by atoms with E-state index in [0.717, 1.165) is 36.4 Å². The number of carbonyl (C=O) groups is 1. The zero-order chi connectivity index (χ0) is 17.6. The van der Waals surface area contributed by atoms with E-state index in [1.807, 2.05) is 24.3 Å². The van der Waals surface area contributed by atoms with Gasteiger partial charge in [0.15, 0.2) is 0 Å². The SMILES string of the molecule is COc1ccc(C(Cc2ccc(F)cc2)NC(=O)C2CCNC2)cc1.Cl. The van der Waals surface area contributed by atoms with Gasteiger partial charge < -0.3 is 15.4 Å². The number of rotatable bonds is 6. The third-order valence-corrected chi connectivity index (χ3v) is 4.62. The van der Waals surface area contributed by atoms with Gasteiger partial charge in [0, 0.05) is 6.54 Å². The second-order valence-electron chi connectivity index (χ2n) is 6.35. The number of ether oxygens (including phenoxy) is 1. The Morgan fingerprint density at radius 2 is 1.92 bits per heavy atom. The molecule has 1 heterocycles. The molecule has 2 aromatic carbocycles. The highest BCUT2D eigenvalue weighted by atomic mass is 35.5. The second kappa shape index (κ2) is 9.55. The van der Waals surface area contributed by atoms with Gasteiger partial charge in [0.05, 0.1) is 19.1 Å². The molecule has 6 heteroatoms. The Morgan fingerprint density at radius 1 is 1.23 bits per heavy atom. The summed E-state index contributed by atoms with van der Waals surface area (Å²) >= 11 is 0. The molecule has 1 aliphatic rings. The van der Waals surface area contributed by atoms with E-state index in [2.05, 4.69) is 10.6 Å². The first-order valence-electron chi connectivity index (χ1n) is 8.55. The van der Waals surface area contributed by atoms with Gasteiger partial charge in [-0.25, -0.2) is 4.39 Å². The molecule has 26 heavy (non-hydrogen) atoms. The summed E-state index contributed by atoms with van der Waals surface area (Å²) in [5.41, 5.74) is 1.98. The molecule has 0 saturated carbocycles. The van der Waals surface area contributed by atoms with Crippen LogP contribution in [0.2, 0.25) is 0 Å². The summed E-state index contributed by atoms with van der Waals surface area (Å²) < 4.78 is 18.4. The third-order valence-electron chi connectivity index (χ3n) is 4.62. The van der Waals surface area contributed by atoms with Gasteiger partial charge in [0.25, 0.3) is 0 Å².